The zero-order valence-electron chi connectivity index (χ0n) is 26.7. The minimum absolute atomic E-state index is 0.0781. The van der Waals surface area contributed by atoms with Gasteiger partial charge in [-0.15, -0.1) is 0 Å². The lowest BCUT2D eigenvalue weighted by Crippen LogP contribution is -2.47. The molecule has 2 fully saturated rings. The van der Waals surface area contributed by atoms with E-state index in [4.69, 9.17) is 18.9 Å². The largest absolute Gasteiger partial charge is 0.493 e. The van der Waals surface area contributed by atoms with Gasteiger partial charge in [0.25, 0.3) is 32.1 Å². The Morgan fingerprint density at radius 2 is 1.10 bits per heavy atom. The third kappa shape index (κ3) is 6.48. The summed E-state index contributed by atoms with van der Waals surface area (Å²) in [5.41, 5.74) is 1.89. The number of benzene rings is 2. The van der Waals surface area contributed by atoms with Crippen LogP contribution >= 0.6 is 0 Å². The number of rotatable bonds is 10. The second kappa shape index (κ2) is 12.7. The topological polar surface area (TPSA) is 210 Å². The van der Waals surface area contributed by atoms with Gasteiger partial charge in [-0.3, -0.25) is 18.7 Å². The van der Waals surface area contributed by atoms with Crippen molar-refractivity contribution >= 4 is 43.4 Å². The zero-order chi connectivity index (χ0) is 35.4. The molecule has 6 rings (SSSR count). The third-order valence-corrected chi connectivity index (χ3v) is 11.1. The molecule has 0 spiro atoms. The van der Waals surface area contributed by atoms with Gasteiger partial charge in [0.1, 0.15) is 0 Å². The van der Waals surface area contributed by atoms with Crippen LogP contribution in [0.5, 0.6) is 23.0 Å². The highest BCUT2D eigenvalue weighted by Crippen LogP contribution is 2.42. The minimum atomic E-state index is -4.62. The van der Waals surface area contributed by atoms with Crippen molar-refractivity contribution in [1.82, 2.24) is 9.80 Å². The molecule has 4 aliphatic heterocycles. The molecule has 49 heavy (non-hydrogen) atoms. The summed E-state index contributed by atoms with van der Waals surface area (Å²) in [6.07, 6.45) is 0.709. The van der Waals surface area contributed by atoms with E-state index < -0.39 is 54.9 Å². The van der Waals surface area contributed by atoms with Crippen molar-refractivity contribution in [2.45, 2.75) is 42.1 Å². The van der Waals surface area contributed by atoms with Gasteiger partial charge in [-0.1, -0.05) is 24.3 Å². The molecule has 0 radical (unpaired) electrons. The van der Waals surface area contributed by atoms with E-state index in [1.165, 1.54) is 48.3 Å². The normalized spacial score (nSPS) is 23.3. The average Bonchev–Trinajstić information content (AvgIpc) is 3.56. The number of hydrogen-bond donors (Lipinski definition) is 4. The lowest BCUT2D eigenvalue weighted by atomic mass is 10.1. The molecule has 2 saturated heterocycles. The highest BCUT2D eigenvalue weighted by Gasteiger charge is 2.47. The van der Waals surface area contributed by atoms with Crippen molar-refractivity contribution in [3.05, 3.63) is 59.7 Å². The summed E-state index contributed by atoms with van der Waals surface area (Å²) in [6.45, 7) is 8.21. The Labute approximate surface area is 283 Å². The number of carbonyl (C=O) groups is 2. The van der Waals surface area contributed by atoms with Crippen LogP contribution in [0.2, 0.25) is 0 Å². The summed E-state index contributed by atoms with van der Waals surface area (Å²) in [5.74, 6) is -0.0603. The van der Waals surface area contributed by atoms with Crippen molar-refractivity contribution in [1.29, 1.82) is 0 Å². The monoisotopic (exact) mass is 720 g/mol. The van der Waals surface area contributed by atoms with Crippen LogP contribution in [0.15, 0.2) is 48.6 Å². The summed E-state index contributed by atoms with van der Waals surface area (Å²) in [4.78, 5) is 29.6. The van der Waals surface area contributed by atoms with E-state index in [1.807, 2.05) is 0 Å². The van der Waals surface area contributed by atoms with Crippen LogP contribution in [0.1, 0.15) is 40.0 Å². The van der Waals surface area contributed by atoms with E-state index >= 15 is 0 Å². The molecular formula is C31H36N4O12S2. The smallest absolute Gasteiger partial charge is 0.288 e. The first-order valence-electron chi connectivity index (χ1n) is 15.2. The highest BCUT2D eigenvalue weighted by molar-refractivity contribution is 7.86. The number of hydrogen-bond acceptors (Lipinski definition) is 12. The SMILES string of the molecule is C=C1CC2C(S(=O)(=O)O)Nc3cc(OCCCOc4cc5c(cc4OC)C(=O)N4CC(=C)CC4C(S(=O)(=O)O)N5)c(OC)cc3C(=O)N2C1. The maximum Gasteiger partial charge on any atom is 0.288 e. The highest BCUT2D eigenvalue weighted by atomic mass is 32.2. The lowest BCUT2D eigenvalue weighted by molar-refractivity contribution is 0.0737. The van der Waals surface area contributed by atoms with Crippen molar-refractivity contribution in [2.24, 2.45) is 0 Å². The first-order valence-corrected chi connectivity index (χ1v) is 18.2. The van der Waals surface area contributed by atoms with Gasteiger partial charge in [-0.25, -0.2) is 0 Å². The number of anilines is 2. The average molecular weight is 721 g/mol. The molecule has 18 heteroatoms. The molecule has 4 atom stereocenters. The molecule has 2 amide bonds. The number of nitrogens with zero attached hydrogens (tertiary/aromatic N) is 2. The number of ether oxygens (including phenoxy) is 4. The fourth-order valence-electron chi connectivity index (χ4n) is 6.68. The quantitative estimate of drug-likeness (QED) is 0.158. The molecule has 0 saturated carbocycles. The second-order valence-corrected chi connectivity index (χ2v) is 15.3. The third-order valence-electron chi connectivity index (χ3n) is 8.91. The molecule has 4 heterocycles. The van der Waals surface area contributed by atoms with Gasteiger partial charge in [0.2, 0.25) is 0 Å². The second-order valence-electron chi connectivity index (χ2n) is 12.2. The molecule has 264 valence electrons. The number of fused-ring (bicyclic) bond motifs is 4. The van der Waals surface area contributed by atoms with Gasteiger partial charge >= 0.3 is 0 Å². The van der Waals surface area contributed by atoms with Gasteiger partial charge in [0.15, 0.2) is 33.7 Å². The first kappa shape index (κ1) is 34.3. The summed E-state index contributed by atoms with van der Waals surface area (Å²) in [7, 11) is -6.46. The van der Waals surface area contributed by atoms with E-state index in [2.05, 4.69) is 23.8 Å². The Kier molecular flexibility index (Phi) is 8.93. The van der Waals surface area contributed by atoms with Gasteiger partial charge in [0.05, 0.1) is 62.0 Å². The van der Waals surface area contributed by atoms with Crippen molar-refractivity contribution in [3.8, 4) is 23.0 Å². The minimum Gasteiger partial charge on any atom is -0.493 e. The molecule has 2 aromatic carbocycles. The Morgan fingerprint density at radius 3 is 1.45 bits per heavy atom. The van der Waals surface area contributed by atoms with Gasteiger partial charge < -0.3 is 39.4 Å². The van der Waals surface area contributed by atoms with Crippen molar-refractivity contribution < 1.29 is 54.5 Å². The number of nitrogens with one attached hydrogen (secondary N) is 2. The number of amides is 2. The molecule has 4 unspecified atom stereocenters. The zero-order valence-corrected chi connectivity index (χ0v) is 28.3. The maximum atomic E-state index is 13.4. The van der Waals surface area contributed by atoms with Crippen molar-refractivity contribution in [3.63, 3.8) is 0 Å². The van der Waals surface area contributed by atoms with Gasteiger partial charge in [0, 0.05) is 31.6 Å². The van der Waals surface area contributed by atoms with Crippen LogP contribution in [-0.2, 0) is 20.2 Å². The molecule has 0 aromatic heterocycles. The Morgan fingerprint density at radius 1 is 0.714 bits per heavy atom. The van der Waals surface area contributed by atoms with Gasteiger partial charge in [-0.05, 0) is 25.0 Å². The van der Waals surface area contributed by atoms with Crippen molar-refractivity contribution in [2.75, 3.05) is 51.2 Å². The van der Waals surface area contributed by atoms with Crippen LogP contribution in [0.4, 0.5) is 11.4 Å². The summed E-state index contributed by atoms with van der Waals surface area (Å²) < 4.78 is 92.1. The molecule has 0 bridgehead atoms. The first-order chi connectivity index (χ1) is 23.1. The number of methoxy groups -OCH3 is 2. The van der Waals surface area contributed by atoms with Gasteiger partial charge in [-0.2, -0.15) is 16.8 Å². The van der Waals surface area contributed by atoms with E-state index in [-0.39, 0.29) is 84.6 Å². The van der Waals surface area contributed by atoms with E-state index in [9.17, 15) is 35.5 Å². The molecule has 2 aromatic rings. The summed E-state index contributed by atoms with van der Waals surface area (Å²) >= 11 is 0. The van der Waals surface area contributed by atoms with E-state index in [0.29, 0.717) is 17.6 Å². The molecule has 16 nitrogen and oxygen atoms in total. The lowest BCUT2D eigenvalue weighted by Gasteiger charge is -2.26. The predicted octanol–water partition coefficient (Wildman–Crippen LogP) is 2.37. The van der Waals surface area contributed by atoms with Crippen LogP contribution in [0.3, 0.4) is 0 Å². The maximum absolute atomic E-state index is 13.4. The van der Waals surface area contributed by atoms with E-state index in [0.717, 1.165) is 0 Å². The summed E-state index contributed by atoms with van der Waals surface area (Å²) in [5, 5.41) is 2.63. The predicted molar refractivity (Wildman–Crippen MR) is 177 cm³/mol. The standard InChI is InChI=1S/C31H36N4O12S2/c1-16-8-22-28(48(38,39)40)32-20-12-26(24(44-3)10-18(20)30(36)34(22)14-16)46-6-5-7-47-27-13-21-19(11-25(27)45-4)31(37)35-15-17(2)9-23(35)29(33-21)49(41,42)43/h10-13,22-23,28-29,32-33H,1-2,5-9,14-15H2,3-4H3,(H,38,39,40)(H,41,42,43). The van der Waals surface area contributed by atoms with E-state index in [1.54, 1.807) is 0 Å². The fraction of sp³-hybridized carbons (Fsp3) is 0.419. The Balaban J connectivity index is 1.17. The molecule has 4 N–H and O–H groups in total. The molecular weight excluding hydrogens is 684 g/mol. The molecule has 0 aliphatic carbocycles. The summed E-state index contributed by atoms with van der Waals surface area (Å²) in [6, 6.07) is 4.04. The molecule has 4 aliphatic rings. The Hall–Kier alpha value is -4.52. The van der Waals surface area contributed by atoms with Crippen LogP contribution in [0.25, 0.3) is 0 Å². The Bertz CT molecular complexity index is 1830. The van der Waals surface area contributed by atoms with Crippen LogP contribution < -0.4 is 29.6 Å². The van der Waals surface area contributed by atoms with Crippen LogP contribution in [0, 0.1) is 0 Å². The van der Waals surface area contributed by atoms with Crippen LogP contribution in [-0.4, -0.2) is 111 Å². The fourth-order valence-corrected chi connectivity index (χ4v) is 8.51. The number of carbonyl (C=O) groups excluding carboxylic acids is 2.